The average molecular weight is 318 g/mol. The van der Waals surface area contributed by atoms with E-state index < -0.39 is 0 Å². The van der Waals surface area contributed by atoms with Crippen molar-refractivity contribution < 1.29 is 9.59 Å². The first-order chi connectivity index (χ1) is 11.1. The fourth-order valence-corrected chi connectivity index (χ4v) is 3.96. The van der Waals surface area contributed by atoms with Crippen LogP contribution in [0, 0.1) is 5.92 Å². The molecule has 0 radical (unpaired) electrons. The summed E-state index contributed by atoms with van der Waals surface area (Å²) in [4.78, 5) is 26.5. The summed E-state index contributed by atoms with van der Waals surface area (Å²) in [5, 5.41) is 7.23. The van der Waals surface area contributed by atoms with Crippen molar-refractivity contribution in [3.05, 3.63) is 18.5 Å². The van der Waals surface area contributed by atoms with Crippen molar-refractivity contribution in [1.82, 2.24) is 20.0 Å². The Morgan fingerprint density at radius 3 is 2.65 bits per heavy atom. The fraction of sp³-hybridized carbons (Fsp3) is 0.706. The van der Waals surface area contributed by atoms with Crippen LogP contribution in [0.4, 0.5) is 0 Å². The number of hydrogen-bond donors (Lipinski definition) is 1. The molecule has 6 heteroatoms. The van der Waals surface area contributed by atoms with E-state index >= 15 is 0 Å². The summed E-state index contributed by atoms with van der Waals surface area (Å²) in [6.45, 7) is 2.96. The van der Waals surface area contributed by atoms with Crippen molar-refractivity contribution in [2.75, 3.05) is 13.1 Å². The van der Waals surface area contributed by atoms with Gasteiger partial charge in [-0.15, -0.1) is 0 Å². The highest BCUT2D eigenvalue weighted by Gasteiger charge is 2.36. The highest BCUT2D eigenvalue weighted by Crippen LogP contribution is 2.30. The van der Waals surface area contributed by atoms with Gasteiger partial charge in [-0.2, -0.15) is 5.10 Å². The number of hydrogen-bond acceptors (Lipinski definition) is 3. The Hall–Kier alpha value is -1.85. The second-order valence-corrected chi connectivity index (χ2v) is 6.79. The molecule has 0 spiro atoms. The van der Waals surface area contributed by atoms with E-state index in [0.29, 0.717) is 6.54 Å². The number of rotatable bonds is 4. The molecule has 2 heterocycles. The highest BCUT2D eigenvalue weighted by molar-refractivity contribution is 5.87. The molecule has 1 aliphatic carbocycles. The predicted molar refractivity (Wildman–Crippen MR) is 86.6 cm³/mol. The number of aromatic nitrogens is 2. The average Bonchev–Trinajstić information content (AvgIpc) is 3.25. The molecule has 1 saturated carbocycles. The van der Waals surface area contributed by atoms with Gasteiger partial charge in [0.05, 0.1) is 6.04 Å². The topological polar surface area (TPSA) is 67.2 Å². The van der Waals surface area contributed by atoms with E-state index in [2.05, 4.69) is 10.4 Å². The number of nitrogens with one attached hydrogen (secondary N) is 1. The smallest absolute Gasteiger partial charge is 0.245 e. The van der Waals surface area contributed by atoms with Crippen molar-refractivity contribution >= 4 is 11.8 Å². The SMILES string of the molecule is CC(=O)N[C@@H](C(=O)N1CCC[C@@H](n2cccn2)C1)C1CCCC1. The van der Waals surface area contributed by atoms with Crippen molar-refractivity contribution in [2.45, 2.75) is 57.5 Å². The fourth-order valence-electron chi connectivity index (χ4n) is 3.96. The lowest BCUT2D eigenvalue weighted by molar-refractivity contribution is -0.139. The molecular formula is C17H26N4O2. The van der Waals surface area contributed by atoms with Crippen molar-refractivity contribution in [3.8, 4) is 0 Å². The Balaban J connectivity index is 1.69. The van der Waals surface area contributed by atoms with Crippen LogP contribution >= 0.6 is 0 Å². The van der Waals surface area contributed by atoms with Crippen LogP contribution in [0.2, 0.25) is 0 Å². The van der Waals surface area contributed by atoms with Gasteiger partial charge in [-0.1, -0.05) is 12.8 Å². The van der Waals surface area contributed by atoms with Gasteiger partial charge in [-0.25, -0.2) is 0 Å². The first-order valence-corrected chi connectivity index (χ1v) is 8.70. The molecule has 1 aromatic heterocycles. The van der Waals surface area contributed by atoms with Crippen molar-refractivity contribution in [2.24, 2.45) is 5.92 Å². The third-order valence-corrected chi connectivity index (χ3v) is 5.10. The molecule has 23 heavy (non-hydrogen) atoms. The normalized spacial score (nSPS) is 23.7. The zero-order chi connectivity index (χ0) is 16.2. The van der Waals surface area contributed by atoms with Gasteiger partial charge >= 0.3 is 0 Å². The van der Waals surface area contributed by atoms with Crippen LogP contribution < -0.4 is 5.32 Å². The number of carbonyl (C=O) groups is 2. The number of carbonyl (C=O) groups excluding carboxylic acids is 2. The molecular weight excluding hydrogens is 292 g/mol. The number of amides is 2. The van der Waals surface area contributed by atoms with E-state index in [1.165, 1.54) is 6.92 Å². The standard InChI is InChI=1S/C17H26N4O2/c1-13(22)19-16(14-6-2-3-7-14)17(23)20-10-4-8-15(12-20)21-11-5-9-18-21/h5,9,11,14-16H,2-4,6-8,10,12H2,1H3,(H,19,22)/t15-,16-/m1/s1. The molecule has 1 saturated heterocycles. The number of piperidine rings is 1. The van der Waals surface area contributed by atoms with E-state index in [0.717, 1.165) is 45.1 Å². The molecule has 126 valence electrons. The summed E-state index contributed by atoms with van der Waals surface area (Å²) in [6.07, 6.45) is 10.1. The van der Waals surface area contributed by atoms with E-state index in [9.17, 15) is 9.59 Å². The Morgan fingerprint density at radius 1 is 1.22 bits per heavy atom. The summed E-state index contributed by atoms with van der Waals surface area (Å²) in [6, 6.07) is 1.80. The Morgan fingerprint density at radius 2 is 2.00 bits per heavy atom. The molecule has 1 aliphatic heterocycles. The minimum atomic E-state index is -0.355. The highest BCUT2D eigenvalue weighted by atomic mass is 16.2. The second kappa shape index (κ2) is 7.15. The lowest BCUT2D eigenvalue weighted by atomic mass is 9.95. The second-order valence-electron chi connectivity index (χ2n) is 6.79. The maximum atomic E-state index is 13.0. The molecule has 2 aliphatic rings. The van der Waals surface area contributed by atoms with Gasteiger partial charge in [0, 0.05) is 32.4 Å². The van der Waals surface area contributed by atoms with E-state index in [1.54, 1.807) is 6.20 Å². The maximum absolute atomic E-state index is 13.0. The summed E-state index contributed by atoms with van der Waals surface area (Å²) in [7, 11) is 0. The van der Waals surface area contributed by atoms with Gasteiger partial charge in [0.2, 0.25) is 11.8 Å². The first kappa shape index (κ1) is 16.0. The van der Waals surface area contributed by atoms with Crippen LogP contribution in [-0.2, 0) is 9.59 Å². The van der Waals surface area contributed by atoms with Crippen molar-refractivity contribution in [1.29, 1.82) is 0 Å². The zero-order valence-corrected chi connectivity index (χ0v) is 13.8. The summed E-state index contributed by atoms with van der Waals surface area (Å²) >= 11 is 0. The van der Waals surface area contributed by atoms with Gasteiger partial charge in [0.1, 0.15) is 6.04 Å². The minimum absolute atomic E-state index is 0.0870. The molecule has 1 N–H and O–H groups in total. The Kier molecular flexibility index (Phi) is 4.98. The third-order valence-electron chi connectivity index (χ3n) is 5.10. The molecule has 2 amide bonds. The van der Waals surface area contributed by atoms with E-state index in [-0.39, 0.29) is 29.8 Å². The summed E-state index contributed by atoms with van der Waals surface area (Å²) in [5.74, 6) is 0.260. The van der Waals surface area contributed by atoms with Crippen LogP contribution in [0.15, 0.2) is 18.5 Å². The van der Waals surface area contributed by atoms with Crippen LogP contribution in [0.5, 0.6) is 0 Å². The molecule has 0 bridgehead atoms. The first-order valence-electron chi connectivity index (χ1n) is 8.70. The van der Waals surface area contributed by atoms with Gasteiger partial charge in [-0.05, 0) is 37.7 Å². The Labute approximate surface area is 137 Å². The summed E-state index contributed by atoms with van der Waals surface area (Å²) < 4.78 is 1.95. The number of likely N-dealkylation sites (tertiary alicyclic amines) is 1. The Bertz CT molecular complexity index is 537. The summed E-state index contributed by atoms with van der Waals surface area (Å²) in [5.41, 5.74) is 0. The largest absolute Gasteiger partial charge is 0.344 e. The molecule has 6 nitrogen and oxygen atoms in total. The van der Waals surface area contributed by atoms with Gasteiger partial charge in [-0.3, -0.25) is 14.3 Å². The van der Waals surface area contributed by atoms with E-state index in [4.69, 9.17) is 0 Å². The quantitative estimate of drug-likeness (QED) is 0.919. The predicted octanol–water partition coefficient (Wildman–Crippen LogP) is 1.74. The maximum Gasteiger partial charge on any atom is 0.245 e. The van der Waals surface area contributed by atoms with Gasteiger partial charge < -0.3 is 10.2 Å². The van der Waals surface area contributed by atoms with Crippen LogP contribution in [0.25, 0.3) is 0 Å². The lowest BCUT2D eigenvalue weighted by Gasteiger charge is -2.36. The molecule has 2 fully saturated rings. The van der Waals surface area contributed by atoms with Crippen molar-refractivity contribution in [3.63, 3.8) is 0 Å². The molecule has 3 rings (SSSR count). The monoisotopic (exact) mass is 318 g/mol. The molecule has 0 aromatic carbocycles. The van der Waals surface area contributed by atoms with E-state index in [1.807, 2.05) is 21.8 Å². The number of nitrogens with zero attached hydrogens (tertiary/aromatic N) is 3. The molecule has 0 unspecified atom stereocenters. The minimum Gasteiger partial charge on any atom is -0.344 e. The zero-order valence-electron chi connectivity index (χ0n) is 13.8. The molecule has 2 atom stereocenters. The van der Waals surface area contributed by atoms with Crippen LogP contribution in [0.1, 0.15) is 51.5 Å². The van der Waals surface area contributed by atoms with Crippen LogP contribution in [0.3, 0.4) is 0 Å². The van der Waals surface area contributed by atoms with Crippen LogP contribution in [-0.4, -0.2) is 45.6 Å². The van der Waals surface area contributed by atoms with Gasteiger partial charge in [0.25, 0.3) is 0 Å². The third kappa shape index (κ3) is 3.74. The molecule has 1 aromatic rings. The lowest BCUT2D eigenvalue weighted by Crippen LogP contribution is -2.53. The van der Waals surface area contributed by atoms with Gasteiger partial charge in [0.15, 0.2) is 0 Å².